The number of benzene rings is 1. The molecule has 2 fully saturated rings. The summed E-state index contributed by atoms with van der Waals surface area (Å²) in [7, 11) is 0. The van der Waals surface area contributed by atoms with Gasteiger partial charge in [-0.25, -0.2) is 8.78 Å². The van der Waals surface area contributed by atoms with Gasteiger partial charge in [-0.05, 0) is 18.6 Å². The quantitative estimate of drug-likeness (QED) is 0.865. The lowest BCUT2D eigenvalue weighted by Crippen LogP contribution is -2.48. The van der Waals surface area contributed by atoms with E-state index in [9.17, 15) is 13.6 Å². The van der Waals surface area contributed by atoms with E-state index in [4.69, 9.17) is 0 Å². The third-order valence-corrected chi connectivity index (χ3v) is 3.93. The molecule has 1 aliphatic heterocycles. The van der Waals surface area contributed by atoms with Gasteiger partial charge in [0.1, 0.15) is 11.6 Å². The van der Waals surface area contributed by atoms with Gasteiger partial charge in [0.25, 0.3) is 0 Å². The van der Waals surface area contributed by atoms with E-state index in [1.54, 1.807) is 0 Å². The van der Waals surface area contributed by atoms with Crippen LogP contribution in [0.25, 0.3) is 0 Å². The lowest BCUT2D eigenvalue weighted by Gasteiger charge is -2.27. The molecule has 1 saturated heterocycles. The molecule has 1 aliphatic carbocycles. The Morgan fingerprint density at radius 2 is 2.00 bits per heavy atom. The van der Waals surface area contributed by atoms with Crippen LogP contribution in [0.4, 0.5) is 8.78 Å². The summed E-state index contributed by atoms with van der Waals surface area (Å²) in [5, 5.41) is 5.99. The van der Waals surface area contributed by atoms with Crippen LogP contribution in [0.3, 0.4) is 0 Å². The van der Waals surface area contributed by atoms with Crippen molar-refractivity contribution < 1.29 is 13.6 Å². The van der Waals surface area contributed by atoms with E-state index in [1.807, 2.05) is 0 Å². The highest BCUT2D eigenvalue weighted by Gasteiger charge is 2.46. The van der Waals surface area contributed by atoms with Crippen molar-refractivity contribution in [3.8, 4) is 0 Å². The van der Waals surface area contributed by atoms with Crippen molar-refractivity contribution in [1.82, 2.24) is 10.6 Å². The number of carbonyl (C=O) groups is 1. The maximum Gasteiger partial charge on any atom is 0.223 e. The summed E-state index contributed by atoms with van der Waals surface area (Å²) in [5.74, 6) is -1.28. The highest BCUT2D eigenvalue weighted by atomic mass is 19.1. The van der Waals surface area contributed by atoms with E-state index >= 15 is 0 Å². The molecule has 0 radical (unpaired) electrons. The lowest BCUT2D eigenvalue weighted by molar-refractivity contribution is -0.122. The van der Waals surface area contributed by atoms with Gasteiger partial charge >= 0.3 is 0 Å². The molecule has 2 atom stereocenters. The second-order valence-corrected chi connectivity index (χ2v) is 5.35. The Hall–Kier alpha value is -1.49. The maximum atomic E-state index is 13.6. The molecule has 1 saturated carbocycles. The van der Waals surface area contributed by atoms with Gasteiger partial charge in [-0.1, -0.05) is 6.07 Å². The third-order valence-electron chi connectivity index (χ3n) is 3.93. The summed E-state index contributed by atoms with van der Waals surface area (Å²) >= 11 is 0. The number of amides is 1. The summed E-state index contributed by atoms with van der Waals surface area (Å²) in [4.78, 5) is 11.9. The van der Waals surface area contributed by atoms with E-state index in [2.05, 4.69) is 10.6 Å². The minimum atomic E-state index is -0.552. The van der Waals surface area contributed by atoms with Crippen molar-refractivity contribution in [3.63, 3.8) is 0 Å². The highest BCUT2D eigenvalue weighted by Crippen LogP contribution is 2.49. The number of rotatable bonds is 4. The molecule has 2 aliphatic rings. The van der Waals surface area contributed by atoms with Gasteiger partial charge in [0.05, 0.1) is 0 Å². The monoisotopic (exact) mass is 266 g/mol. The molecular formula is C14H16F2N2O. The van der Waals surface area contributed by atoms with Gasteiger partial charge < -0.3 is 10.6 Å². The Kier molecular flexibility index (Phi) is 3.22. The lowest BCUT2D eigenvalue weighted by atomic mass is 10.0. The van der Waals surface area contributed by atoms with E-state index in [1.165, 1.54) is 18.2 Å². The van der Waals surface area contributed by atoms with Crippen molar-refractivity contribution in [2.24, 2.45) is 11.8 Å². The fraction of sp³-hybridized carbons (Fsp3) is 0.500. The first-order valence-corrected chi connectivity index (χ1v) is 6.59. The fourth-order valence-electron chi connectivity index (χ4n) is 2.54. The van der Waals surface area contributed by atoms with E-state index in [0.717, 1.165) is 13.1 Å². The first-order chi connectivity index (χ1) is 9.16. The van der Waals surface area contributed by atoms with Crippen LogP contribution >= 0.6 is 0 Å². The van der Waals surface area contributed by atoms with Gasteiger partial charge in [-0.15, -0.1) is 0 Å². The summed E-state index contributed by atoms with van der Waals surface area (Å²) in [5.41, 5.74) is 0.0629. The number of halogens is 2. The minimum absolute atomic E-state index is 0.0629. The molecule has 3 nitrogen and oxygen atoms in total. The van der Waals surface area contributed by atoms with Crippen molar-refractivity contribution in [2.75, 3.05) is 19.6 Å². The van der Waals surface area contributed by atoms with Crippen LogP contribution in [-0.4, -0.2) is 25.5 Å². The summed E-state index contributed by atoms with van der Waals surface area (Å²) in [6.07, 6.45) is 0.534. The first-order valence-electron chi connectivity index (χ1n) is 6.59. The van der Waals surface area contributed by atoms with Crippen LogP contribution in [-0.2, 0) is 4.79 Å². The van der Waals surface area contributed by atoms with Gasteiger partial charge in [0.15, 0.2) is 0 Å². The molecule has 1 heterocycles. The average molecular weight is 266 g/mol. The molecule has 102 valence electrons. The standard InChI is InChI=1S/C14H16F2N2O/c15-11-2-1-3-12(16)13(11)9-4-10(9)14(19)18-7-8-5-17-6-8/h1-3,8-10,17H,4-7H2,(H,18,19). The zero-order valence-corrected chi connectivity index (χ0v) is 10.5. The Bertz CT molecular complexity index is 482. The third kappa shape index (κ3) is 2.47. The van der Waals surface area contributed by atoms with Crippen LogP contribution in [0.15, 0.2) is 18.2 Å². The van der Waals surface area contributed by atoms with Crippen LogP contribution in [0.2, 0.25) is 0 Å². The van der Waals surface area contributed by atoms with Crippen LogP contribution in [0.1, 0.15) is 17.9 Å². The smallest absolute Gasteiger partial charge is 0.223 e. The first kappa shape index (κ1) is 12.5. The molecule has 3 rings (SSSR count). The zero-order chi connectivity index (χ0) is 13.4. The maximum absolute atomic E-state index is 13.6. The van der Waals surface area contributed by atoms with Crippen molar-refractivity contribution >= 4 is 5.91 Å². The zero-order valence-electron chi connectivity index (χ0n) is 10.5. The predicted octanol–water partition coefficient (Wildman–Crippen LogP) is 1.40. The highest BCUT2D eigenvalue weighted by molar-refractivity contribution is 5.82. The molecule has 2 N–H and O–H groups in total. The van der Waals surface area contributed by atoms with E-state index in [0.29, 0.717) is 18.9 Å². The Morgan fingerprint density at radius 3 is 2.58 bits per heavy atom. The van der Waals surface area contributed by atoms with Gasteiger partial charge in [-0.3, -0.25) is 4.79 Å². The van der Waals surface area contributed by atoms with Gasteiger partial charge in [0, 0.05) is 43.0 Å². The predicted molar refractivity (Wildman–Crippen MR) is 66.6 cm³/mol. The second-order valence-electron chi connectivity index (χ2n) is 5.35. The average Bonchev–Trinajstić information content (AvgIpc) is 3.06. The summed E-state index contributed by atoms with van der Waals surface area (Å²) < 4.78 is 27.2. The minimum Gasteiger partial charge on any atom is -0.355 e. The van der Waals surface area contributed by atoms with Gasteiger partial charge in [-0.2, -0.15) is 0 Å². The molecular weight excluding hydrogens is 250 g/mol. The normalized spacial score (nSPS) is 25.8. The van der Waals surface area contributed by atoms with Crippen molar-refractivity contribution in [1.29, 1.82) is 0 Å². The van der Waals surface area contributed by atoms with Crippen LogP contribution < -0.4 is 10.6 Å². The number of nitrogens with one attached hydrogen (secondary N) is 2. The molecule has 1 aromatic rings. The second kappa shape index (κ2) is 4.89. The molecule has 0 aromatic heterocycles. The van der Waals surface area contributed by atoms with E-state index < -0.39 is 11.6 Å². The summed E-state index contributed by atoms with van der Waals surface area (Å²) in [6.45, 7) is 2.50. The number of hydrogen-bond acceptors (Lipinski definition) is 2. The molecule has 1 aromatic carbocycles. The molecule has 19 heavy (non-hydrogen) atoms. The van der Waals surface area contributed by atoms with Crippen molar-refractivity contribution in [3.05, 3.63) is 35.4 Å². The molecule has 5 heteroatoms. The van der Waals surface area contributed by atoms with Crippen LogP contribution in [0.5, 0.6) is 0 Å². The van der Waals surface area contributed by atoms with Gasteiger partial charge in [0.2, 0.25) is 5.91 Å². The molecule has 1 amide bonds. The topological polar surface area (TPSA) is 41.1 Å². The van der Waals surface area contributed by atoms with E-state index in [-0.39, 0.29) is 23.3 Å². The Labute approximate surface area is 110 Å². The molecule has 0 bridgehead atoms. The fourth-order valence-corrected chi connectivity index (χ4v) is 2.54. The molecule has 2 unspecified atom stereocenters. The number of carbonyl (C=O) groups excluding carboxylic acids is 1. The summed E-state index contributed by atoms with van der Waals surface area (Å²) in [6, 6.07) is 3.83. The number of hydrogen-bond donors (Lipinski definition) is 2. The Morgan fingerprint density at radius 1 is 1.32 bits per heavy atom. The SMILES string of the molecule is O=C(NCC1CNC1)C1CC1c1c(F)cccc1F. The van der Waals surface area contributed by atoms with Crippen LogP contribution in [0, 0.1) is 23.5 Å². The molecule has 0 spiro atoms. The Balaban J connectivity index is 1.59. The van der Waals surface area contributed by atoms with Crippen molar-refractivity contribution in [2.45, 2.75) is 12.3 Å². The largest absolute Gasteiger partial charge is 0.355 e.